The molecule has 0 aromatic heterocycles. The van der Waals surface area contributed by atoms with E-state index in [-0.39, 0.29) is 27.5 Å². The zero-order valence-electron chi connectivity index (χ0n) is 12.9. The highest BCUT2D eigenvalue weighted by Crippen LogP contribution is 2.26. The van der Waals surface area contributed by atoms with Crippen molar-refractivity contribution in [2.75, 3.05) is 18.9 Å². The molecule has 7 nitrogen and oxygen atoms in total. The van der Waals surface area contributed by atoms with Gasteiger partial charge >= 0.3 is 5.97 Å². The Hall–Kier alpha value is -3.05. The maximum absolute atomic E-state index is 12.5. The molecule has 24 heavy (non-hydrogen) atoms. The lowest BCUT2D eigenvalue weighted by atomic mass is 10.2. The predicted molar refractivity (Wildman–Crippen MR) is 86.3 cm³/mol. The van der Waals surface area contributed by atoms with Crippen LogP contribution in [0, 0.1) is 11.3 Å². The summed E-state index contributed by atoms with van der Waals surface area (Å²) in [5, 5.41) is 9.04. The molecule has 0 radical (unpaired) electrons. The third-order valence-electron chi connectivity index (χ3n) is 3.18. The topological polar surface area (TPSA) is 105 Å². The van der Waals surface area contributed by atoms with E-state index in [1.165, 1.54) is 44.6 Å². The fourth-order valence-corrected chi connectivity index (χ4v) is 3.09. The van der Waals surface area contributed by atoms with Gasteiger partial charge in [-0.3, -0.25) is 4.72 Å². The van der Waals surface area contributed by atoms with Crippen LogP contribution in [0.4, 0.5) is 5.69 Å². The smallest absolute Gasteiger partial charge is 0.341 e. The number of nitrogens with zero attached hydrogens (tertiary/aromatic N) is 1. The molecule has 0 fully saturated rings. The van der Waals surface area contributed by atoms with Crippen molar-refractivity contribution in [3.8, 4) is 11.8 Å². The first-order valence-corrected chi connectivity index (χ1v) is 8.19. The molecule has 1 N–H and O–H groups in total. The molecule has 0 unspecified atom stereocenters. The zero-order chi connectivity index (χ0) is 17.7. The number of hydrogen-bond donors (Lipinski definition) is 1. The Labute approximate surface area is 139 Å². The number of para-hydroxylation sites is 1. The number of nitriles is 1. The highest BCUT2D eigenvalue weighted by molar-refractivity contribution is 7.92. The normalized spacial score (nSPS) is 10.5. The van der Waals surface area contributed by atoms with Gasteiger partial charge in [0, 0.05) is 6.07 Å². The van der Waals surface area contributed by atoms with Gasteiger partial charge in [-0.15, -0.1) is 0 Å². The van der Waals surface area contributed by atoms with Crippen LogP contribution in [0.2, 0.25) is 0 Å². The van der Waals surface area contributed by atoms with Crippen LogP contribution in [0.25, 0.3) is 0 Å². The molecule has 0 saturated heterocycles. The predicted octanol–water partition coefficient (Wildman–Crippen LogP) is 2.15. The van der Waals surface area contributed by atoms with Crippen molar-refractivity contribution in [2.24, 2.45) is 0 Å². The molecule has 2 aromatic rings. The molecule has 0 aliphatic carbocycles. The highest BCUT2D eigenvalue weighted by Gasteiger charge is 2.20. The Morgan fingerprint density at radius 1 is 1.17 bits per heavy atom. The largest absolute Gasteiger partial charge is 0.496 e. The molecular weight excluding hydrogens is 332 g/mol. The summed E-state index contributed by atoms with van der Waals surface area (Å²) in [6, 6.07) is 11.9. The number of ether oxygens (including phenoxy) is 2. The van der Waals surface area contributed by atoms with Crippen LogP contribution in [-0.4, -0.2) is 28.6 Å². The first-order valence-electron chi connectivity index (χ1n) is 6.71. The third-order valence-corrected chi connectivity index (χ3v) is 4.54. The second-order valence-electron chi connectivity index (χ2n) is 4.62. The summed E-state index contributed by atoms with van der Waals surface area (Å²) in [6.07, 6.45) is 0. The molecule has 2 rings (SSSR count). The van der Waals surface area contributed by atoms with Crippen LogP contribution in [0.5, 0.6) is 5.75 Å². The van der Waals surface area contributed by atoms with Crippen LogP contribution in [-0.2, 0) is 14.8 Å². The molecule has 0 atom stereocenters. The molecular formula is C16H14N2O5S. The number of nitrogens with one attached hydrogen (secondary N) is 1. The van der Waals surface area contributed by atoms with E-state index in [4.69, 9.17) is 10.00 Å². The minimum atomic E-state index is -3.96. The second kappa shape index (κ2) is 7.02. The summed E-state index contributed by atoms with van der Waals surface area (Å²) in [5.41, 5.74) is 0.464. The molecule has 0 spiro atoms. The van der Waals surface area contributed by atoms with Crippen molar-refractivity contribution in [1.29, 1.82) is 5.26 Å². The van der Waals surface area contributed by atoms with Crippen molar-refractivity contribution in [2.45, 2.75) is 4.90 Å². The summed E-state index contributed by atoms with van der Waals surface area (Å²) in [4.78, 5) is 11.5. The van der Waals surface area contributed by atoms with Gasteiger partial charge in [-0.05, 0) is 24.3 Å². The van der Waals surface area contributed by atoms with Gasteiger partial charge in [-0.2, -0.15) is 5.26 Å². The number of sulfonamides is 1. The van der Waals surface area contributed by atoms with Gasteiger partial charge in [-0.25, -0.2) is 13.2 Å². The zero-order valence-corrected chi connectivity index (χ0v) is 13.8. The number of anilines is 1. The second-order valence-corrected chi connectivity index (χ2v) is 6.30. The third kappa shape index (κ3) is 3.47. The lowest BCUT2D eigenvalue weighted by molar-refractivity contribution is 0.0597. The molecule has 0 amide bonds. The minimum absolute atomic E-state index is 0.0679. The molecule has 0 aliphatic rings. The molecule has 2 aromatic carbocycles. The molecule has 8 heteroatoms. The van der Waals surface area contributed by atoms with Crippen LogP contribution in [0.15, 0.2) is 47.4 Å². The first kappa shape index (κ1) is 17.3. The monoisotopic (exact) mass is 346 g/mol. The number of esters is 1. The van der Waals surface area contributed by atoms with Crippen molar-refractivity contribution < 1.29 is 22.7 Å². The molecule has 0 bridgehead atoms. The highest BCUT2D eigenvalue weighted by atomic mass is 32.2. The van der Waals surface area contributed by atoms with Crippen molar-refractivity contribution in [3.63, 3.8) is 0 Å². The Bertz CT molecular complexity index is 916. The van der Waals surface area contributed by atoms with Gasteiger partial charge in [0.25, 0.3) is 10.0 Å². The van der Waals surface area contributed by atoms with Gasteiger partial charge in [0.15, 0.2) is 0 Å². The van der Waals surface area contributed by atoms with Crippen LogP contribution < -0.4 is 9.46 Å². The average molecular weight is 346 g/mol. The quantitative estimate of drug-likeness (QED) is 0.832. The average Bonchev–Trinajstić information content (AvgIpc) is 2.60. The van der Waals surface area contributed by atoms with Gasteiger partial charge in [-0.1, -0.05) is 12.1 Å². The van der Waals surface area contributed by atoms with E-state index in [2.05, 4.69) is 9.46 Å². The van der Waals surface area contributed by atoms with E-state index in [1.807, 2.05) is 6.07 Å². The van der Waals surface area contributed by atoms with Gasteiger partial charge < -0.3 is 9.47 Å². The maximum Gasteiger partial charge on any atom is 0.341 e. The summed E-state index contributed by atoms with van der Waals surface area (Å²) in [6.45, 7) is 0. The fourth-order valence-electron chi connectivity index (χ4n) is 1.99. The molecule has 124 valence electrons. The Morgan fingerprint density at radius 2 is 1.88 bits per heavy atom. The molecule has 0 saturated carbocycles. The van der Waals surface area contributed by atoms with Gasteiger partial charge in [0.05, 0.1) is 30.4 Å². The summed E-state index contributed by atoms with van der Waals surface area (Å²) in [5.74, 6) is -0.572. The van der Waals surface area contributed by atoms with Gasteiger partial charge in [0.2, 0.25) is 0 Å². The van der Waals surface area contributed by atoms with E-state index in [0.29, 0.717) is 0 Å². The van der Waals surface area contributed by atoms with Crippen LogP contribution in [0.3, 0.4) is 0 Å². The number of hydrogen-bond acceptors (Lipinski definition) is 6. The number of methoxy groups -OCH3 is 2. The Morgan fingerprint density at radius 3 is 2.50 bits per heavy atom. The summed E-state index contributed by atoms with van der Waals surface area (Å²) < 4.78 is 37.0. The van der Waals surface area contributed by atoms with Gasteiger partial charge in [0.1, 0.15) is 17.4 Å². The van der Waals surface area contributed by atoms with E-state index in [9.17, 15) is 13.2 Å². The van der Waals surface area contributed by atoms with E-state index >= 15 is 0 Å². The van der Waals surface area contributed by atoms with E-state index < -0.39 is 16.0 Å². The number of rotatable bonds is 5. The SMILES string of the molecule is COC(=O)c1ccc(S(=O)(=O)Nc2ccccc2C#N)cc1OC. The number of carbonyl (C=O) groups is 1. The maximum atomic E-state index is 12.5. The standard InChI is InChI=1S/C16H14N2O5S/c1-22-15-9-12(7-8-13(15)16(19)23-2)24(20,21)18-14-6-4-3-5-11(14)10-17/h3-9,18H,1-2H3. The molecule has 0 aliphatic heterocycles. The Balaban J connectivity index is 2.43. The van der Waals surface area contributed by atoms with E-state index in [1.54, 1.807) is 12.1 Å². The van der Waals surface area contributed by atoms with Crippen LogP contribution in [0.1, 0.15) is 15.9 Å². The summed E-state index contributed by atoms with van der Waals surface area (Å²) in [7, 11) is -1.43. The van der Waals surface area contributed by atoms with Crippen molar-refractivity contribution >= 4 is 21.7 Å². The Kier molecular flexibility index (Phi) is 5.06. The van der Waals surface area contributed by atoms with Crippen LogP contribution >= 0.6 is 0 Å². The number of benzene rings is 2. The first-order chi connectivity index (χ1) is 11.4. The lowest BCUT2D eigenvalue weighted by Gasteiger charge is -2.12. The number of carbonyl (C=O) groups excluding carboxylic acids is 1. The summed E-state index contributed by atoms with van der Waals surface area (Å²) >= 11 is 0. The molecule has 0 heterocycles. The fraction of sp³-hybridized carbons (Fsp3) is 0.125. The lowest BCUT2D eigenvalue weighted by Crippen LogP contribution is -2.14. The van der Waals surface area contributed by atoms with E-state index in [0.717, 1.165) is 0 Å². The van der Waals surface area contributed by atoms with Crippen molar-refractivity contribution in [1.82, 2.24) is 0 Å². The minimum Gasteiger partial charge on any atom is -0.496 e. The van der Waals surface area contributed by atoms with Crippen molar-refractivity contribution in [3.05, 3.63) is 53.6 Å².